The van der Waals surface area contributed by atoms with Crippen molar-refractivity contribution in [3.05, 3.63) is 65.7 Å². The minimum absolute atomic E-state index is 0.0259. The Labute approximate surface area is 176 Å². The second-order valence-electron chi connectivity index (χ2n) is 7.91. The van der Waals surface area contributed by atoms with E-state index in [4.69, 9.17) is 0 Å². The summed E-state index contributed by atoms with van der Waals surface area (Å²) in [6.07, 6.45) is 1.05. The molecule has 2 fully saturated rings. The van der Waals surface area contributed by atoms with Crippen LogP contribution in [0.2, 0.25) is 0 Å². The molecule has 2 saturated heterocycles. The highest BCUT2D eigenvalue weighted by atomic mass is 32.2. The van der Waals surface area contributed by atoms with Crippen LogP contribution < -0.4 is 5.32 Å². The lowest BCUT2D eigenvalue weighted by atomic mass is 9.97. The number of nitrogens with one attached hydrogen (secondary N) is 1. The second-order valence-corrected chi connectivity index (χ2v) is 9.84. The summed E-state index contributed by atoms with van der Waals surface area (Å²) in [4.78, 5) is 25.9. The van der Waals surface area contributed by atoms with Gasteiger partial charge >= 0.3 is 0 Å². The highest BCUT2D eigenvalue weighted by Gasteiger charge is 2.47. The van der Waals surface area contributed by atoms with Gasteiger partial charge in [0.05, 0.1) is 17.1 Å². The van der Waals surface area contributed by atoms with Gasteiger partial charge in [-0.05, 0) is 37.5 Å². The normalized spacial score (nSPS) is 19.7. The standard InChI is InChI=1S/C22H25N3O4S/c1-17(26)19-7-9-20(10-8-19)30(28,29)25-13-11-22(12-14-25)23-21(27)16-24(22)15-18-5-3-2-4-6-18/h2-10H,11-16H2,1H3,(H,23,27). The van der Waals surface area contributed by atoms with Crippen molar-refractivity contribution in [2.24, 2.45) is 0 Å². The molecule has 0 saturated carbocycles. The van der Waals surface area contributed by atoms with E-state index in [-0.39, 0.29) is 16.6 Å². The Balaban J connectivity index is 1.49. The minimum Gasteiger partial charge on any atom is -0.337 e. The van der Waals surface area contributed by atoms with Crippen LogP contribution in [0.25, 0.3) is 0 Å². The number of hydrogen-bond donors (Lipinski definition) is 1. The molecule has 0 aliphatic carbocycles. The van der Waals surface area contributed by atoms with Crippen molar-refractivity contribution in [1.29, 1.82) is 0 Å². The SMILES string of the molecule is CC(=O)c1ccc(S(=O)(=O)N2CCC3(CC2)NC(=O)CN3Cc2ccccc2)cc1. The number of carbonyl (C=O) groups is 2. The maximum atomic E-state index is 13.0. The average Bonchev–Trinajstić information content (AvgIpc) is 3.03. The molecule has 2 heterocycles. The molecular formula is C22H25N3O4S. The van der Waals surface area contributed by atoms with Gasteiger partial charge in [0.2, 0.25) is 15.9 Å². The van der Waals surface area contributed by atoms with E-state index >= 15 is 0 Å². The van der Waals surface area contributed by atoms with E-state index in [1.165, 1.54) is 23.4 Å². The fraction of sp³-hybridized carbons (Fsp3) is 0.364. The number of nitrogens with zero attached hydrogens (tertiary/aromatic N) is 2. The van der Waals surface area contributed by atoms with Gasteiger partial charge in [0.1, 0.15) is 0 Å². The van der Waals surface area contributed by atoms with Crippen molar-refractivity contribution >= 4 is 21.7 Å². The molecule has 2 aromatic rings. The van der Waals surface area contributed by atoms with Crippen molar-refractivity contribution in [3.63, 3.8) is 0 Å². The number of benzene rings is 2. The third-order valence-electron chi connectivity index (χ3n) is 5.98. The Morgan fingerprint density at radius 2 is 1.67 bits per heavy atom. The van der Waals surface area contributed by atoms with Crippen LogP contribution in [-0.4, -0.2) is 54.6 Å². The minimum atomic E-state index is -3.65. The predicted molar refractivity (Wildman–Crippen MR) is 112 cm³/mol. The Morgan fingerprint density at radius 3 is 2.27 bits per heavy atom. The summed E-state index contributed by atoms with van der Waals surface area (Å²) in [6.45, 7) is 3.04. The lowest BCUT2D eigenvalue weighted by molar-refractivity contribution is -0.119. The van der Waals surface area contributed by atoms with Crippen molar-refractivity contribution in [1.82, 2.24) is 14.5 Å². The van der Waals surface area contributed by atoms with E-state index in [0.29, 0.717) is 44.6 Å². The highest BCUT2D eigenvalue weighted by molar-refractivity contribution is 7.89. The number of sulfonamides is 1. The number of rotatable bonds is 5. The van der Waals surface area contributed by atoms with Gasteiger partial charge in [-0.25, -0.2) is 8.42 Å². The molecule has 0 atom stereocenters. The lowest BCUT2D eigenvalue weighted by Crippen LogP contribution is -2.58. The molecule has 0 bridgehead atoms. The zero-order chi connectivity index (χ0) is 21.4. The Hall–Kier alpha value is -2.55. The Kier molecular flexibility index (Phi) is 5.48. The molecule has 0 radical (unpaired) electrons. The predicted octanol–water partition coefficient (Wildman–Crippen LogP) is 2.00. The quantitative estimate of drug-likeness (QED) is 0.738. The van der Waals surface area contributed by atoms with Gasteiger partial charge in [-0.15, -0.1) is 0 Å². The molecule has 2 aliphatic heterocycles. The number of piperidine rings is 1. The molecule has 0 aromatic heterocycles. The van der Waals surface area contributed by atoms with Gasteiger partial charge in [0.25, 0.3) is 0 Å². The van der Waals surface area contributed by atoms with Crippen LogP contribution in [0.5, 0.6) is 0 Å². The molecule has 7 nitrogen and oxygen atoms in total. The fourth-order valence-corrected chi connectivity index (χ4v) is 5.70. The van der Waals surface area contributed by atoms with Gasteiger partial charge in [-0.2, -0.15) is 4.31 Å². The van der Waals surface area contributed by atoms with Gasteiger partial charge in [-0.1, -0.05) is 42.5 Å². The topological polar surface area (TPSA) is 86.8 Å². The largest absolute Gasteiger partial charge is 0.337 e. The maximum absolute atomic E-state index is 13.0. The van der Waals surface area contributed by atoms with Crippen LogP contribution in [0.3, 0.4) is 0 Å². The van der Waals surface area contributed by atoms with Crippen LogP contribution in [0.4, 0.5) is 0 Å². The number of amides is 1. The van der Waals surface area contributed by atoms with Crippen LogP contribution in [0.15, 0.2) is 59.5 Å². The monoisotopic (exact) mass is 427 g/mol. The third-order valence-corrected chi connectivity index (χ3v) is 7.89. The fourth-order valence-electron chi connectivity index (χ4n) is 4.26. The van der Waals surface area contributed by atoms with Gasteiger partial charge in [-0.3, -0.25) is 14.5 Å². The molecule has 1 amide bonds. The second kappa shape index (κ2) is 7.94. The van der Waals surface area contributed by atoms with Crippen LogP contribution in [0.1, 0.15) is 35.7 Å². The molecule has 1 spiro atoms. The molecule has 2 aliphatic rings. The van der Waals surface area contributed by atoms with E-state index in [9.17, 15) is 18.0 Å². The lowest BCUT2D eigenvalue weighted by Gasteiger charge is -2.43. The molecule has 2 aromatic carbocycles. The van der Waals surface area contributed by atoms with Crippen molar-refractivity contribution in [2.45, 2.75) is 36.9 Å². The zero-order valence-electron chi connectivity index (χ0n) is 16.9. The van der Waals surface area contributed by atoms with Crippen LogP contribution in [0, 0.1) is 0 Å². The number of carbonyl (C=O) groups excluding carboxylic acids is 2. The Morgan fingerprint density at radius 1 is 1.03 bits per heavy atom. The summed E-state index contributed by atoms with van der Waals surface area (Å²) in [6, 6.07) is 16.0. The number of Topliss-reactive ketones (excluding diaryl/α,β-unsaturated/α-hetero) is 1. The van der Waals surface area contributed by atoms with E-state index in [2.05, 4.69) is 10.2 Å². The molecule has 30 heavy (non-hydrogen) atoms. The molecule has 158 valence electrons. The van der Waals surface area contributed by atoms with Gasteiger partial charge in [0, 0.05) is 25.2 Å². The molecule has 0 unspecified atom stereocenters. The van der Waals surface area contributed by atoms with Crippen LogP contribution >= 0.6 is 0 Å². The first-order valence-corrected chi connectivity index (χ1v) is 11.5. The molecular weight excluding hydrogens is 402 g/mol. The molecule has 1 N–H and O–H groups in total. The average molecular weight is 428 g/mol. The number of ketones is 1. The van der Waals surface area contributed by atoms with E-state index in [1.54, 1.807) is 12.1 Å². The summed E-state index contributed by atoms with van der Waals surface area (Å²) in [7, 11) is -3.65. The van der Waals surface area contributed by atoms with Crippen molar-refractivity contribution < 1.29 is 18.0 Å². The third kappa shape index (κ3) is 3.90. The Bertz CT molecular complexity index is 1040. The summed E-state index contributed by atoms with van der Waals surface area (Å²) < 4.78 is 27.6. The summed E-state index contributed by atoms with van der Waals surface area (Å²) in [5.74, 6) is -0.128. The van der Waals surface area contributed by atoms with Gasteiger partial charge in [0.15, 0.2) is 5.78 Å². The smallest absolute Gasteiger partial charge is 0.243 e. The van der Waals surface area contributed by atoms with Gasteiger partial charge < -0.3 is 5.32 Å². The zero-order valence-corrected chi connectivity index (χ0v) is 17.7. The number of hydrogen-bond acceptors (Lipinski definition) is 5. The highest BCUT2D eigenvalue weighted by Crippen LogP contribution is 2.33. The summed E-state index contributed by atoms with van der Waals surface area (Å²) in [5.41, 5.74) is 1.09. The molecule has 8 heteroatoms. The van der Waals surface area contributed by atoms with E-state index in [1.807, 2.05) is 30.3 Å². The van der Waals surface area contributed by atoms with E-state index in [0.717, 1.165) is 5.56 Å². The molecule has 4 rings (SSSR count). The van der Waals surface area contributed by atoms with Crippen LogP contribution in [-0.2, 0) is 21.4 Å². The van der Waals surface area contributed by atoms with Crippen molar-refractivity contribution in [2.75, 3.05) is 19.6 Å². The maximum Gasteiger partial charge on any atom is 0.243 e. The van der Waals surface area contributed by atoms with Crippen molar-refractivity contribution in [3.8, 4) is 0 Å². The first-order valence-electron chi connectivity index (χ1n) is 10.0. The van der Waals surface area contributed by atoms with E-state index < -0.39 is 15.7 Å². The first kappa shape index (κ1) is 20.7. The summed E-state index contributed by atoms with van der Waals surface area (Å²) in [5, 5.41) is 3.10. The first-order chi connectivity index (χ1) is 14.3. The summed E-state index contributed by atoms with van der Waals surface area (Å²) >= 11 is 0.